The van der Waals surface area contributed by atoms with Gasteiger partial charge in [-0.2, -0.15) is 0 Å². The van der Waals surface area contributed by atoms with E-state index in [0.29, 0.717) is 0 Å². The van der Waals surface area contributed by atoms with Crippen molar-refractivity contribution in [3.8, 4) is 0 Å². The topological polar surface area (TPSA) is 169 Å². The van der Waals surface area contributed by atoms with Crippen LogP contribution < -0.4 is 0 Å². The average molecular weight is 521 g/mol. The molecule has 0 radical (unpaired) electrons. The van der Waals surface area contributed by atoms with Gasteiger partial charge in [0, 0.05) is 38.5 Å². The van der Waals surface area contributed by atoms with E-state index >= 15 is 0 Å². The van der Waals surface area contributed by atoms with Gasteiger partial charge in [0.25, 0.3) is 5.12 Å². The van der Waals surface area contributed by atoms with E-state index in [1.807, 2.05) is 0 Å². The number of ether oxygens (including phenoxy) is 5. The summed E-state index contributed by atoms with van der Waals surface area (Å²) in [6.45, 7) is 3.46. The van der Waals surface area contributed by atoms with Crippen molar-refractivity contribution in [3.63, 3.8) is 0 Å². The second-order valence-electron chi connectivity index (χ2n) is 7.12. The fourth-order valence-electron chi connectivity index (χ4n) is 3.11. The lowest BCUT2D eigenvalue weighted by Gasteiger charge is -2.47. The van der Waals surface area contributed by atoms with Crippen LogP contribution in [-0.4, -0.2) is 73.5 Å². The molecule has 1 aromatic carbocycles. The molecule has 188 valence electrons. The number of esters is 4. The van der Waals surface area contributed by atoms with Gasteiger partial charge in [-0.3, -0.25) is 19.2 Å². The van der Waals surface area contributed by atoms with E-state index in [9.17, 15) is 32.7 Å². The summed E-state index contributed by atoms with van der Waals surface area (Å²) in [5.74, 6) is -3.54. The Hall–Kier alpha value is -2.68. The van der Waals surface area contributed by atoms with Gasteiger partial charge in [0.2, 0.25) is 15.0 Å². The Morgan fingerprint density at radius 3 is 1.94 bits per heavy atom. The minimum atomic E-state index is -4.34. The van der Waals surface area contributed by atoms with E-state index in [-0.39, 0.29) is 15.7 Å². The van der Waals surface area contributed by atoms with Crippen LogP contribution in [0.25, 0.3) is 0 Å². The molecule has 0 amide bonds. The highest BCUT2D eigenvalue weighted by atomic mass is 33.1. The first-order valence-corrected chi connectivity index (χ1v) is 12.6. The smallest absolute Gasteiger partial charge is 0.303 e. The molecule has 1 aliphatic heterocycles. The summed E-state index contributed by atoms with van der Waals surface area (Å²) in [6.07, 6.45) is -6.73. The minimum absolute atomic E-state index is 0.126. The number of carbonyl (C=O) groups is 4. The van der Waals surface area contributed by atoms with Gasteiger partial charge in [0.1, 0.15) is 12.7 Å². The zero-order chi connectivity index (χ0) is 25.7. The van der Waals surface area contributed by atoms with Crippen molar-refractivity contribution in [2.24, 2.45) is 0 Å². The van der Waals surface area contributed by atoms with Crippen molar-refractivity contribution in [1.29, 1.82) is 0 Å². The zero-order valence-electron chi connectivity index (χ0n) is 18.7. The van der Waals surface area contributed by atoms with E-state index in [1.165, 1.54) is 24.3 Å². The predicted molar refractivity (Wildman–Crippen MR) is 114 cm³/mol. The van der Waals surface area contributed by atoms with Crippen LogP contribution >= 0.6 is 10.8 Å². The molecule has 0 unspecified atom stereocenters. The molecule has 34 heavy (non-hydrogen) atoms. The molecule has 0 aromatic heterocycles. The lowest BCUT2D eigenvalue weighted by atomic mass is 9.98. The Balaban J connectivity index is 2.60. The lowest BCUT2D eigenvalue weighted by molar-refractivity contribution is -0.311. The molecule has 1 aliphatic rings. The first-order chi connectivity index (χ1) is 15.7. The van der Waals surface area contributed by atoms with Crippen LogP contribution in [0.3, 0.4) is 0 Å². The van der Waals surface area contributed by atoms with Crippen LogP contribution in [0.1, 0.15) is 27.7 Å². The third-order valence-electron chi connectivity index (χ3n) is 4.28. The SMILES string of the molecule is CC(=O)OC[C@H]1O[C@](O)(SS(=O)(=O)c2ccccc2)[C@H](OC(C)=O)[C@@H](OC(C)=O)[C@@H]1OC(C)=O. The minimum Gasteiger partial charge on any atom is -0.463 e. The molecule has 2 rings (SSSR count). The standard InChI is InChI=1S/C20H24O12S2/c1-11(21)28-10-16-17(29-12(2)22)18(30-13(3)23)19(31-14(4)24)20(25,32-16)33-34(26,27)15-8-6-5-7-9-15/h5-9,16-19,25H,10H2,1-4H3/t16-,17-,18+,19-,20+/m1/s1. The normalized spacial score (nSPS) is 26.7. The van der Waals surface area contributed by atoms with Gasteiger partial charge in [0.05, 0.1) is 4.90 Å². The van der Waals surface area contributed by atoms with E-state index in [2.05, 4.69) is 0 Å². The highest BCUT2D eigenvalue weighted by molar-refractivity contribution is 8.72. The van der Waals surface area contributed by atoms with Crippen LogP contribution in [0.2, 0.25) is 0 Å². The van der Waals surface area contributed by atoms with E-state index in [1.54, 1.807) is 6.07 Å². The molecule has 1 N–H and O–H groups in total. The average Bonchev–Trinajstić information content (AvgIpc) is 2.71. The fourth-order valence-corrected chi connectivity index (χ4v) is 6.41. The maximum absolute atomic E-state index is 13.0. The maximum atomic E-state index is 13.0. The van der Waals surface area contributed by atoms with Gasteiger partial charge in [-0.05, 0) is 12.1 Å². The second kappa shape index (κ2) is 11.2. The number of carbonyl (C=O) groups excluding carboxylic acids is 4. The molecule has 1 heterocycles. The zero-order valence-corrected chi connectivity index (χ0v) is 20.3. The number of benzene rings is 1. The summed E-state index contributed by atoms with van der Waals surface area (Å²) in [7, 11) is -4.47. The largest absolute Gasteiger partial charge is 0.463 e. The third-order valence-corrected chi connectivity index (χ3v) is 7.87. The molecule has 12 nitrogen and oxygen atoms in total. The molecule has 0 aliphatic carbocycles. The molecule has 5 atom stereocenters. The van der Waals surface area contributed by atoms with E-state index in [4.69, 9.17) is 23.7 Å². The number of aliphatic hydroxyl groups is 1. The summed E-state index contributed by atoms with van der Waals surface area (Å²) >= 11 is 0. The Bertz CT molecular complexity index is 1030. The van der Waals surface area contributed by atoms with Crippen LogP contribution in [-0.2, 0) is 51.7 Å². The summed E-state index contributed by atoms with van der Waals surface area (Å²) in [5.41, 5.74) is 0. The van der Waals surface area contributed by atoms with Gasteiger partial charge >= 0.3 is 23.9 Å². The van der Waals surface area contributed by atoms with Crippen LogP contribution in [0.4, 0.5) is 0 Å². The highest BCUT2D eigenvalue weighted by Gasteiger charge is 2.62. The highest BCUT2D eigenvalue weighted by Crippen LogP contribution is 2.45. The summed E-state index contributed by atoms with van der Waals surface area (Å²) in [5, 5.41) is 8.49. The Labute approximate surface area is 199 Å². The van der Waals surface area contributed by atoms with Crippen molar-refractivity contribution >= 4 is 43.5 Å². The van der Waals surface area contributed by atoms with Gasteiger partial charge in [0.15, 0.2) is 12.2 Å². The monoisotopic (exact) mass is 520 g/mol. The quantitative estimate of drug-likeness (QED) is 0.218. The molecular formula is C20H24O12S2. The number of rotatable bonds is 8. The van der Waals surface area contributed by atoms with Gasteiger partial charge < -0.3 is 28.8 Å². The first kappa shape index (κ1) is 27.6. The van der Waals surface area contributed by atoms with Crippen molar-refractivity contribution in [1.82, 2.24) is 0 Å². The van der Waals surface area contributed by atoms with Crippen molar-refractivity contribution < 1.29 is 56.4 Å². The van der Waals surface area contributed by atoms with Gasteiger partial charge in [-0.15, -0.1) is 0 Å². The van der Waals surface area contributed by atoms with Crippen LogP contribution in [0, 0.1) is 0 Å². The molecule has 1 aromatic rings. The Morgan fingerprint density at radius 1 is 0.912 bits per heavy atom. The molecule has 0 spiro atoms. The number of hydrogen-bond donors (Lipinski definition) is 1. The summed E-state index contributed by atoms with van der Waals surface area (Å²) < 4.78 is 51.9. The third kappa shape index (κ3) is 7.16. The van der Waals surface area contributed by atoms with Crippen LogP contribution in [0.15, 0.2) is 35.2 Å². The fraction of sp³-hybridized carbons (Fsp3) is 0.500. The lowest BCUT2D eigenvalue weighted by Crippen LogP contribution is -2.67. The predicted octanol–water partition coefficient (Wildman–Crippen LogP) is 0.512. The number of hydrogen-bond acceptors (Lipinski definition) is 13. The molecule has 1 fully saturated rings. The summed E-state index contributed by atoms with van der Waals surface area (Å²) in [4.78, 5) is 46.5. The van der Waals surface area contributed by atoms with E-state index < -0.39 is 68.9 Å². The van der Waals surface area contributed by atoms with Gasteiger partial charge in [-0.25, -0.2) is 8.42 Å². The maximum Gasteiger partial charge on any atom is 0.303 e. The summed E-state index contributed by atoms with van der Waals surface area (Å²) in [6, 6.07) is 7.00. The van der Waals surface area contributed by atoms with Crippen LogP contribution in [0.5, 0.6) is 0 Å². The first-order valence-electron chi connectivity index (χ1n) is 9.81. The molecular weight excluding hydrogens is 496 g/mol. The Kier molecular flexibility index (Phi) is 9.05. The van der Waals surface area contributed by atoms with Gasteiger partial charge in [-0.1, -0.05) is 18.2 Å². The van der Waals surface area contributed by atoms with Crippen molar-refractivity contribution in [2.75, 3.05) is 6.61 Å². The Morgan fingerprint density at radius 2 is 1.44 bits per heavy atom. The molecule has 1 saturated heterocycles. The molecule has 0 bridgehead atoms. The molecule has 0 saturated carbocycles. The molecule has 14 heteroatoms. The van der Waals surface area contributed by atoms with Crippen molar-refractivity contribution in [3.05, 3.63) is 30.3 Å². The van der Waals surface area contributed by atoms with Crippen molar-refractivity contribution in [2.45, 2.75) is 62.1 Å². The second-order valence-corrected chi connectivity index (χ2v) is 11.1. The van der Waals surface area contributed by atoms with E-state index in [0.717, 1.165) is 27.7 Å².